The fourth-order valence-electron chi connectivity index (χ4n) is 4.41. The van der Waals surface area contributed by atoms with Gasteiger partial charge in [0.15, 0.2) is 11.6 Å². The fourth-order valence-corrected chi connectivity index (χ4v) is 5.65. The molecule has 2 heterocycles. The molecule has 6 nitrogen and oxygen atoms in total. The van der Waals surface area contributed by atoms with Gasteiger partial charge in [0.25, 0.3) is 0 Å². The highest BCUT2D eigenvalue weighted by atomic mass is 32.1. The molecule has 0 saturated carbocycles. The molecular formula is C32H27NO5S. The van der Waals surface area contributed by atoms with E-state index in [1.54, 1.807) is 36.4 Å². The van der Waals surface area contributed by atoms with Crippen LogP contribution in [-0.4, -0.2) is 42.1 Å². The largest absolute Gasteiger partial charge is 0.492 e. The number of fused-ring (bicyclic) bond motifs is 1. The molecule has 0 amide bonds. The molecule has 0 N–H and O–H groups in total. The number of carbonyl (C=O) groups is 3. The van der Waals surface area contributed by atoms with E-state index < -0.39 is 5.97 Å². The minimum atomic E-state index is -0.419. The number of hydrogen-bond donors (Lipinski definition) is 0. The van der Waals surface area contributed by atoms with Crippen molar-refractivity contribution in [3.8, 4) is 21.9 Å². The molecule has 3 aromatic carbocycles. The summed E-state index contributed by atoms with van der Waals surface area (Å²) in [6.07, 6.45) is 8.15. The van der Waals surface area contributed by atoms with E-state index in [-0.39, 0.29) is 11.6 Å². The molecule has 39 heavy (non-hydrogen) atoms. The van der Waals surface area contributed by atoms with Crippen LogP contribution in [0.3, 0.4) is 0 Å². The third kappa shape index (κ3) is 5.99. The van der Waals surface area contributed by atoms with E-state index in [1.807, 2.05) is 48.7 Å². The lowest BCUT2D eigenvalue weighted by atomic mass is 9.96. The molecule has 0 saturated heterocycles. The standard InChI is InChI=1S/C32H27NO5S/c1-21(34)24-11-14-28-29(20-24)39-32(25-7-6-8-27(19-25)38-22(2)35)30(28)31(36)23-9-12-26(13-10-23)37-18-17-33-15-4-3-5-16-33/h3-15,19-20H,16-18H2,1-2H3. The van der Waals surface area contributed by atoms with Gasteiger partial charge in [-0.3, -0.25) is 14.4 Å². The molecule has 7 heteroatoms. The maximum Gasteiger partial charge on any atom is 0.308 e. The average Bonchev–Trinajstić information content (AvgIpc) is 3.32. The Morgan fingerprint density at radius 2 is 1.69 bits per heavy atom. The Balaban J connectivity index is 1.45. The number of ketones is 2. The van der Waals surface area contributed by atoms with E-state index in [0.29, 0.717) is 34.8 Å². The van der Waals surface area contributed by atoms with Crippen molar-refractivity contribution in [2.45, 2.75) is 13.8 Å². The van der Waals surface area contributed by atoms with Crippen LogP contribution in [0.5, 0.6) is 11.5 Å². The number of thiophene rings is 1. The summed E-state index contributed by atoms with van der Waals surface area (Å²) in [5.74, 6) is 0.496. The Morgan fingerprint density at radius 3 is 2.41 bits per heavy atom. The monoisotopic (exact) mass is 537 g/mol. The first-order valence-corrected chi connectivity index (χ1v) is 13.4. The second-order valence-corrected chi connectivity index (χ2v) is 10.2. The molecule has 0 radical (unpaired) electrons. The zero-order valence-corrected chi connectivity index (χ0v) is 22.5. The number of carbonyl (C=O) groups excluding carboxylic acids is 3. The Morgan fingerprint density at radius 1 is 0.897 bits per heavy atom. The van der Waals surface area contributed by atoms with E-state index >= 15 is 0 Å². The van der Waals surface area contributed by atoms with E-state index in [0.717, 1.165) is 33.6 Å². The van der Waals surface area contributed by atoms with Gasteiger partial charge in [-0.15, -0.1) is 11.3 Å². The quantitative estimate of drug-likeness (QED) is 0.135. The van der Waals surface area contributed by atoms with Crippen LogP contribution in [-0.2, 0) is 4.79 Å². The van der Waals surface area contributed by atoms with Crippen LogP contribution < -0.4 is 9.47 Å². The lowest BCUT2D eigenvalue weighted by Gasteiger charge is -2.20. The topological polar surface area (TPSA) is 72.9 Å². The summed E-state index contributed by atoms with van der Waals surface area (Å²) < 4.78 is 12.0. The van der Waals surface area contributed by atoms with Gasteiger partial charge in [-0.2, -0.15) is 0 Å². The zero-order chi connectivity index (χ0) is 27.4. The molecule has 0 bridgehead atoms. The normalized spacial score (nSPS) is 12.5. The molecule has 5 rings (SSSR count). The number of esters is 1. The molecule has 1 aliphatic rings. The second kappa shape index (κ2) is 11.5. The van der Waals surface area contributed by atoms with Gasteiger partial charge in [-0.1, -0.05) is 36.4 Å². The number of Topliss-reactive ketones (excluding diaryl/α,β-unsaturated/α-hetero) is 1. The van der Waals surface area contributed by atoms with Crippen molar-refractivity contribution in [1.82, 2.24) is 4.90 Å². The van der Waals surface area contributed by atoms with E-state index in [2.05, 4.69) is 11.0 Å². The molecule has 0 aliphatic carbocycles. The van der Waals surface area contributed by atoms with Crippen molar-refractivity contribution in [2.75, 3.05) is 19.7 Å². The number of hydrogen-bond acceptors (Lipinski definition) is 7. The maximum absolute atomic E-state index is 13.9. The van der Waals surface area contributed by atoms with Crippen LogP contribution in [0.1, 0.15) is 40.1 Å². The minimum Gasteiger partial charge on any atom is -0.492 e. The maximum atomic E-state index is 13.9. The zero-order valence-electron chi connectivity index (χ0n) is 21.7. The third-order valence-electron chi connectivity index (χ3n) is 6.33. The number of rotatable bonds is 9. The number of ether oxygens (including phenoxy) is 2. The average molecular weight is 538 g/mol. The summed E-state index contributed by atoms with van der Waals surface area (Å²) in [4.78, 5) is 40.4. The SMILES string of the molecule is CC(=O)Oc1cccc(-c2sc3cc(C(C)=O)ccc3c2C(=O)c2ccc(OCCN3C=CC=CC3)cc2)c1. The number of nitrogens with zero attached hydrogens (tertiary/aromatic N) is 1. The van der Waals surface area contributed by atoms with Gasteiger partial charge in [0.2, 0.25) is 0 Å². The van der Waals surface area contributed by atoms with E-state index in [9.17, 15) is 14.4 Å². The number of allylic oxidation sites excluding steroid dienone is 2. The second-order valence-electron chi connectivity index (χ2n) is 9.16. The van der Waals surface area contributed by atoms with Crippen LogP contribution in [0.25, 0.3) is 20.5 Å². The van der Waals surface area contributed by atoms with Gasteiger partial charge in [0.1, 0.15) is 18.1 Å². The van der Waals surface area contributed by atoms with Crippen LogP contribution >= 0.6 is 11.3 Å². The van der Waals surface area contributed by atoms with Gasteiger partial charge >= 0.3 is 5.97 Å². The first-order valence-electron chi connectivity index (χ1n) is 12.6. The van der Waals surface area contributed by atoms with Crippen molar-refractivity contribution < 1.29 is 23.9 Å². The molecule has 1 aliphatic heterocycles. The Labute approximate surface area is 230 Å². The van der Waals surface area contributed by atoms with E-state index in [1.165, 1.54) is 25.2 Å². The molecule has 0 unspecified atom stereocenters. The van der Waals surface area contributed by atoms with Gasteiger partial charge in [0, 0.05) is 45.1 Å². The van der Waals surface area contributed by atoms with Gasteiger partial charge < -0.3 is 14.4 Å². The van der Waals surface area contributed by atoms with Gasteiger partial charge in [-0.05, 0) is 67.2 Å². The lowest BCUT2D eigenvalue weighted by molar-refractivity contribution is -0.131. The van der Waals surface area contributed by atoms with Crippen molar-refractivity contribution in [3.05, 3.63) is 108 Å². The summed E-state index contributed by atoms with van der Waals surface area (Å²) in [5, 5.41) is 0.770. The Kier molecular flexibility index (Phi) is 7.70. The smallest absolute Gasteiger partial charge is 0.308 e. The van der Waals surface area contributed by atoms with Gasteiger partial charge in [0.05, 0.1) is 6.54 Å². The third-order valence-corrected chi connectivity index (χ3v) is 7.53. The molecule has 0 fully saturated rings. The van der Waals surface area contributed by atoms with Crippen molar-refractivity contribution in [1.29, 1.82) is 0 Å². The van der Waals surface area contributed by atoms with Crippen molar-refractivity contribution in [2.24, 2.45) is 0 Å². The van der Waals surface area contributed by atoms with Crippen LogP contribution in [0.2, 0.25) is 0 Å². The summed E-state index contributed by atoms with van der Waals surface area (Å²) in [5.41, 5.74) is 2.41. The first-order chi connectivity index (χ1) is 18.9. The fraction of sp³-hybridized carbons (Fsp3) is 0.156. The minimum absolute atomic E-state index is 0.0417. The van der Waals surface area contributed by atoms with Gasteiger partial charge in [-0.25, -0.2) is 0 Å². The highest BCUT2D eigenvalue weighted by Gasteiger charge is 2.22. The van der Waals surface area contributed by atoms with Crippen LogP contribution in [0.4, 0.5) is 0 Å². The molecule has 196 valence electrons. The van der Waals surface area contributed by atoms with Crippen LogP contribution in [0.15, 0.2) is 91.2 Å². The molecule has 0 spiro atoms. The van der Waals surface area contributed by atoms with Crippen molar-refractivity contribution >= 4 is 39.0 Å². The molecular weight excluding hydrogens is 510 g/mol. The summed E-state index contributed by atoms with van der Waals surface area (Å²) in [7, 11) is 0. The van der Waals surface area contributed by atoms with E-state index in [4.69, 9.17) is 9.47 Å². The molecule has 0 atom stereocenters. The summed E-state index contributed by atoms with van der Waals surface area (Å²) >= 11 is 1.43. The Hall–Kier alpha value is -4.49. The van der Waals surface area contributed by atoms with Crippen LogP contribution in [0, 0.1) is 0 Å². The summed E-state index contributed by atoms with van der Waals surface area (Å²) in [6, 6.07) is 19.7. The summed E-state index contributed by atoms with van der Waals surface area (Å²) in [6.45, 7) is 5.03. The number of benzene rings is 3. The predicted octanol–water partition coefficient (Wildman–Crippen LogP) is 6.69. The molecule has 1 aromatic heterocycles. The predicted molar refractivity (Wildman–Crippen MR) is 154 cm³/mol. The highest BCUT2D eigenvalue weighted by Crippen LogP contribution is 2.41. The Bertz CT molecular complexity index is 1610. The highest BCUT2D eigenvalue weighted by molar-refractivity contribution is 7.22. The lowest BCUT2D eigenvalue weighted by Crippen LogP contribution is -2.24. The van der Waals surface area contributed by atoms with Crippen molar-refractivity contribution in [3.63, 3.8) is 0 Å². The first kappa shape index (κ1) is 26.1. The molecule has 4 aromatic rings.